The third-order valence-corrected chi connectivity index (χ3v) is 3.79. The lowest BCUT2D eigenvalue weighted by Gasteiger charge is -2.14. The molecule has 0 fully saturated rings. The first kappa shape index (κ1) is 19.1. The molecule has 136 valence electrons. The predicted molar refractivity (Wildman–Crippen MR) is 96.8 cm³/mol. The number of ether oxygens (including phenoxy) is 4. The summed E-state index contributed by atoms with van der Waals surface area (Å²) in [6.45, 7) is 0. The van der Waals surface area contributed by atoms with E-state index in [0.717, 1.165) is 0 Å². The normalized spacial score (nSPS) is 11.2. The molecule has 6 nitrogen and oxygen atoms in total. The van der Waals surface area contributed by atoms with Crippen LogP contribution in [0.4, 0.5) is 0 Å². The molecule has 0 unspecified atom stereocenters. The van der Waals surface area contributed by atoms with Crippen LogP contribution in [0.3, 0.4) is 0 Å². The Morgan fingerprint density at radius 2 is 0.885 bits per heavy atom. The Balaban J connectivity index is 2.72. The van der Waals surface area contributed by atoms with Crippen molar-refractivity contribution in [1.29, 1.82) is 0 Å². The molecular formula is C20H20O6. The van der Waals surface area contributed by atoms with E-state index < -0.39 is 11.9 Å². The van der Waals surface area contributed by atoms with Gasteiger partial charge in [0.2, 0.25) is 0 Å². The average Bonchev–Trinajstić information content (AvgIpc) is 2.71. The van der Waals surface area contributed by atoms with Gasteiger partial charge in [0.05, 0.1) is 39.6 Å². The van der Waals surface area contributed by atoms with Crippen LogP contribution in [0.25, 0.3) is 11.1 Å². The van der Waals surface area contributed by atoms with Crippen molar-refractivity contribution in [2.75, 3.05) is 28.4 Å². The molecule has 0 amide bonds. The van der Waals surface area contributed by atoms with Crippen LogP contribution >= 0.6 is 0 Å². The standard InChI is InChI=1S/C20H20O6/c1-23-15-9-5-13(6-10-15)17(19(21)25-3)18(20(22)26-4)14-7-11-16(24-2)12-8-14/h5-12H,1-4H3/b18-17+. The fourth-order valence-electron chi connectivity index (χ4n) is 2.45. The smallest absolute Gasteiger partial charge is 0.339 e. The Morgan fingerprint density at radius 3 is 1.12 bits per heavy atom. The van der Waals surface area contributed by atoms with Gasteiger partial charge in [0.15, 0.2) is 0 Å². The minimum atomic E-state index is -0.647. The minimum absolute atomic E-state index is 0.104. The monoisotopic (exact) mass is 356 g/mol. The highest BCUT2D eigenvalue weighted by atomic mass is 16.5. The van der Waals surface area contributed by atoms with Crippen molar-refractivity contribution in [3.8, 4) is 11.5 Å². The Hall–Kier alpha value is -3.28. The highest BCUT2D eigenvalue weighted by Crippen LogP contribution is 2.30. The van der Waals surface area contributed by atoms with Gasteiger partial charge in [0.1, 0.15) is 11.5 Å². The number of hydrogen-bond donors (Lipinski definition) is 0. The van der Waals surface area contributed by atoms with Gasteiger partial charge in [-0.2, -0.15) is 0 Å². The number of benzene rings is 2. The van der Waals surface area contributed by atoms with Crippen LogP contribution < -0.4 is 9.47 Å². The highest BCUT2D eigenvalue weighted by Gasteiger charge is 2.25. The molecule has 0 bridgehead atoms. The molecule has 0 saturated heterocycles. The first-order chi connectivity index (χ1) is 12.5. The summed E-state index contributed by atoms with van der Waals surface area (Å²) in [6, 6.07) is 13.5. The van der Waals surface area contributed by atoms with E-state index in [2.05, 4.69) is 0 Å². The molecule has 0 radical (unpaired) electrons. The van der Waals surface area contributed by atoms with Gasteiger partial charge in [-0.15, -0.1) is 0 Å². The van der Waals surface area contributed by atoms with Gasteiger partial charge < -0.3 is 18.9 Å². The van der Waals surface area contributed by atoms with E-state index >= 15 is 0 Å². The lowest BCUT2D eigenvalue weighted by molar-refractivity contribution is -0.135. The van der Waals surface area contributed by atoms with E-state index in [9.17, 15) is 9.59 Å². The number of carbonyl (C=O) groups excluding carboxylic acids is 2. The van der Waals surface area contributed by atoms with Crippen molar-refractivity contribution in [1.82, 2.24) is 0 Å². The van der Waals surface area contributed by atoms with E-state index in [1.807, 2.05) is 0 Å². The maximum absolute atomic E-state index is 12.5. The van der Waals surface area contributed by atoms with Crippen molar-refractivity contribution in [3.05, 3.63) is 59.7 Å². The van der Waals surface area contributed by atoms with E-state index in [-0.39, 0.29) is 11.1 Å². The summed E-state index contributed by atoms with van der Waals surface area (Å²) in [4.78, 5) is 25.0. The Kier molecular flexibility index (Phi) is 6.38. The lowest BCUT2D eigenvalue weighted by Crippen LogP contribution is -2.13. The summed E-state index contributed by atoms with van der Waals surface area (Å²) in [7, 11) is 5.61. The summed E-state index contributed by atoms with van der Waals surface area (Å²) < 4.78 is 20.1. The van der Waals surface area contributed by atoms with Crippen molar-refractivity contribution in [2.24, 2.45) is 0 Å². The Labute approximate surface area is 151 Å². The second-order valence-corrected chi connectivity index (χ2v) is 5.19. The maximum Gasteiger partial charge on any atom is 0.339 e. The molecule has 2 aromatic rings. The van der Waals surface area contributed by atoms with Crippen molar-refractivity contribution >= 4 is 23.1 Å². The molecule has 6 heteroatoms. The first-order valence-corrected chi connectivity index (χ1v) is 7.75. The van der Waals surface area contributed by atoms with Crippen LogP contribution in [0.15, 0.2) is 48.5 Å². The second kappa shape index (κ2) is 8.71. The van der Waals surface area contributed by atoms with Crippen LogP contribution in [0.2, 0.25) is 0 Å². The zero-order valence-corrected chi connectivity index (χ0v) is 15.1. The van der Waals surface area contributed by atoms with E-state index in [0.29, 0.717) is 22.6 Å². The molecule has 0 aliphatic rings. The van der Waals surface area contributed by atoms with Gasteiger partial charge in [-0.25, -0.2) is 9.59 Å². The molecule has 0 heterocycles. The molecule has 0 aliphatic carbocycles. The van der Waals surface area contributed by atoms with Crippen LogP contribution in [-0.4, -0.2) is 40.4 Å². The fourth-order valence-corrected chi connectivity index (χ4v) is 2.45. The topological polar surface area (TPSA) is 71.1 Å². The second-order valence-electron chi connectivity index (χ2n) is 5.19. The largest absolute Gasteiger partial charge is 0.497 e. The average molecular weight is 356 g/mol. The van der Waals surface area contributed by atoms with Crippen LogP contribution in [0.5, 0.6) is 11.5 Å². The number of rotatable bonds is 6. The fraction of sp³-hybridized carbons (Fsp3) is 0.200. The van der Waals surface area contributed by atoms with Crippen molar-refractivity contribution in [3.63, 3.8) is 0 Å². The maximum atomic E-state index is 12.5. The van der Waals surface area contributed by atoms with Gasteiger partial charge in [0, 0.05) is 0 Å². The van der Waals surface area contributed by atoms with E-state index in [4.69, 9.17) is 18.9 Å². The molecule has 0 spiro atoms. The molecule has 0 saturated carbocycles. The molecular weight excluding hydrogens is 336 g/mol. The van der Waals surface area contributed by atoms with Crippen LogP contribution in [-0.2, 0) is 19.1 Å². The van der Waals surface area contributed by atoms with Crippen molar-refractivity contribution in [2.45, 2.75) is 0 Å². The quantitative estimate of drug-likeness (QED) is 0.450. The van der Waals surface area contributed by atoms with Gasteiger partial charge >= 0.3 is 11.9 Å². The zero-order chi connectivity index (χ0) is 19.1. The Morgan fingerprint density at radius 1 is 0.577 bits per heavy atom. The number of hydrogen-bond acceptors (Lipinski definition) is 6. The Bertz CT molecular complexity index is 734. The predicted octanol–water partition coefficient (Wildman–Crippen LogP) is 2.96. The van der Waals surface area contributed by atoms with Crippen LogP contribution in [0.1, 0.15) is 11.1 Å². The summed E-state index contributed by atoms with van der Waals surface area (Å²) in [5, 5.41) is 0. The summed E-state index contributed by atoms with van der Waals surface area (Å²) in [5.74, 6) is -0.0400. The summed E-state index contributed by atoms with van der Waals surface area (Å²) in [6.07, 6.45) is 0. The third-order valence-electron chi connectivity index (χ3n) is 3.79. The summed E-state index contributed by atoms with van der Waals surface area (Å²) in [5.41, 5.74) is 1.22. The van der Waals surface area contributed by atoms with E-state index in [1.54, 1.807) is 62.8 Å². The molecule has 2 rings (SSSR count). The minimum Gasteiger partial charge on any atom is -0.497 e. The molecule has 26 heavy (non-hydrogen) atoms. The van der Waals surface area contributed by atoms with E-state index in [1.165, 1.54) is 14.2 Å². The van der Waals surface area contributed by atoms with Gasteiger partial charge in [-0.1, -0.05) is 24.3 Å². The van der Waals surface area contributed by atoms with Crippen LogP contribution in [0, 0.1) is 0 Å². The lowest BCUT2D eigenvalue weighted by atomic mass is 9.94. The summed E-state index contributed by atoms with van der Waals surface area (Å²) >= 11 is 0. The molecule has 2 aromatic carbocycles. The molecule has 0 atom stereocenters. The third kappa shape index (κ3) is 4.03. The number of carbonyl (C=O) groups is 2. The number of esters is 2. The zero-order valence-electron chi connectivity index (χ0n) is 15.1. The van der Waals surface area contributed by atoms with Gasteiger partial charge in [0.25, 0.3) is 0 Å². The first-order valence-electron chi connectivity index (χ1n) is 7.75. The van der Waals surface area contributed by atoms with Gasteiger partial charge in [-0.3, -0.25) is 0 Å². The SMILES string of the molecule is COC(=O)/C(=C(/C(=O)OC)c1ccc(OC)cc1)c1ccc(OC)cc1. The van der Waals surface area contributed by atoms with Crippen molar-refractivity contribution < 1.29 is 28.5 Å². The molecule has 0 aromatic heterocycles. The number of methoxy groups -OCH3 is 4. The molecule has 0 aliphatic heterocycles. The molecule has 0 N–H and O–H groups in total. The van der Waals surface area contributed by atoms with Gasteiger partial charge in [-0.05, 0) is 35.4 Å². The highest BCUT2D eigenvalue weighted by molar-refractivity contribution is 6.37.